The van der Waals surface area contributed by atoms with Gasteiger partial charge in [0.1, 0.15) is 0 Å². The molecule has 0 aliphatic carbocycles. The van der Waals surface area contributed by atoms with Crippen molar-refractivity contribution in [3.05, 3.63) is 35.4 Å². The fourth-order valence-corrected chi connectivity index (χ4v) is 3.46. The highest BCUT2D eigenvalue weighted by Crippen LogP contribution is 2.39. The Bertz CT molecular complexity index is 553. The zero-order valence-electron chi connectivity index (χ0n) is 12.7. The quantitative estimate of drug-likeness (QED) is 0.844. The van der Waals surface area contributed by atoms with Crippen molar-refractivity contribution in [1.29, 1.82) is 0 Å². The molecular weight excluding hydrogens is 329 g/mol. The van der Waals surface area contributed by atoms with E-state index in [1.165, 1.54) is 12.1 Å². The maximum absolute atomic E-state index is 12.6. The van der Waals surface area contributed by atoms with E-state index in [0.29, 0.717) is 18.7 Å². The molecule has 7 heteroatoms. The van der Waals surface area contributed by atoms with Crippen LogP contribution in [-0.2, 0) is 6.18 Å². The first kappa shape index (κ1) is 18.1. The third-order valence-electron chi connectivity index (χ3n) is 4.85. The number of rotatable bonds is 1. The molecule has 1 aromatic carbocycles. The van der Waals surface area contributed by atoms with Gasteiger partial charge in [-0.25, -0.2) is 0 Å². The van der Waals surface area contributed by atoms with Gasteiger partial charge < -0.3 is 10.2 Å². The largest absolute Gasteiger partial charge is 0.416 e. The lowest BCUT2D eigenvalue weighted by Crippen LogP contribution is -2.39. The summed E-state index contributed by atoms with van der Waals surface area (Å²) in [7, 11) is 0. The zero-order chi connectivity index (χ0) is 15.8. The van der Waals surface area contributed by atoms with Crippen molar-refractivity contribution in [2.24, 2.45) is 5.41 Å². The molecular formula is C16H20ClF3N2O. The van der Waals surface area contributed by atoms with Crippen LogP contribution in [0.3, 0.4) is 0 Å². The standard InChI is InChI=1S/C16H19F3N2O.ClH/c17-16(18,19)13-3-1-12(2-4-13)14(22)21-10-7-15(11-21)5-8-20-9-6-15;/h1-4,20H,5-11H2;1H. The van der Waals surface area contributed by atoms with Gasteiger partial charge in [0.15, 0.2) is 0 Å². The minimum Gasteiger partial charge on any atom is -0.338 e. The zero-order valence-corrected chi connectivity index (χ0v) is 13.5. The van der Waals surface area contributed by atoms with Crippen molar-refractivity contribution in [1.82, 2.24) is 10.2 Å². The summed E-state index contributed by atoms with van der Waals surface area (Å²) in [5.41, 5.74) is -0.188. The summed E-state index contributed by atoms with van der Waals surface area (Å²) in [4.78, 5) is 14.2. The summed E-state index contributed by atoms with van der Waals surface area (Å²) in [5, 5.41) is 3.32. The molecule has 3 rings (SSSR count). The van der Waals surface area contributed by atoms with Crippen LogP contribution in [0.4, 0.5) is 13.2 Å². The number of amides is 1. The topological polar surface area (TPSA) is 32.3 Å². The number of hydrogen-bond acceptors (Lipinski definition) is 2. The second-order valence-electron chi connectivity index (χ2n) is 6.30. The number of hydrogen-bond donors (Lipinski definition) is 1. The molecule has 2 saturated heterocycles. The number of benzene rings is 1. The molecule has 2 aliphatic heterocycles. The van der Waals surface area contributed by atoms with Crippen LogP contribution in [0.15, 0.2) is 24.3 Å². The number of nitrogens with one attached hydrogen (secondary N) is 1. The predicted molar refractivity (Wildman–Crippen MR) is 83.7 cm³/mol. The van der Waals surface area contributed by atoms with E-state index < -0.39 is 11.7 Å². The minimum atomic E-state index is -4.37. The second-order valence-corrected chi connectivity index (χ2v) is 6.30. The summed E-state index contributed by atoms with van der Waals surface area (Å²) in [5.74, 6) is -0.163. The number of piperidine rings is 1. The van der Waals surface area contributed by atoms with Crippen molar-refractivity contribution in [2.75, 3.05) is 26.2 Å². The number of nitrogens with zero attached hydrogens (tertiary/aromatic N) is 1. The van der Waals surface area contributed by atoms with Gasteiger partial charge in [0.05, 0.1) is 5.56 Å². The number of carbonyl (C=O) groups is 1. The van der Waals surface area contributed by atoms with Gasteiger partial charge >= 0.3 is 6.18 Å². The molecule has 2 fully saturated rings. The van der Waals surface area contributed by atoms with Crippen LogP contribution in [0.5, 0.6) is 0 Å². The molecule has 0 atom stereocenters. The molecule has 0 aromatic heterocycles. The van der Waals surface area contributed by atoms with Crippen LogP contribution >= 0.6 is 12.4 Å². The molecule has 1 N–H and O–H groups in total. The Balaban J connectivity index is 0.00000192. The van der Waals surface area contributed by atoms with Gasteiger partial charge in [-0.05, 0) is 62.0 Å². The molecule has 0 unspecified atom stereocenters. The van der Waals surface area contributed by atoms with Crippen molar-refractivity contribution in [2.45, 2.75) is 25.4 Å². The Labute approximate surface area is 139 Å². The van der Waals surface area contributed by atoms with Gasteiger partial charge in [0, 0.05) is 18.7 Å². The van der Waals surface area contributed by atoms with Gasteiger partial charge in [0.2, 0.25) is 0 Å². The summed E-state index contributed by atoms with van der Waals surface area (Å²) < 4.78 is 37.7. The fourth-order valence-electron chi connectivity index (χ4n) is 3.46. The first-order valence-corrected chi connectivity index (χ1v) is 7.57. The Hall–Kier alpha value is -1.27. The summed E-state index contributed by atoms with van der Waals surface area (Å²) in [6, 6.07) is 4.50. The molecule has 0 saturated carbocycles. The lowest BCUT2D eigenvalue weighted by Gasteiger charge is -2.33. The number of carbonyl (C=O) groups excluding carboxylic acids is 1. The Morgan fingerprint density at radius 3 is 2.26 bits per heavy atom. The van der Waals surface area contributed by atoms with Crippen LogP contribution in [0.2, 0.25) is 0 Å². The number of likely N-dealkylation sites (tertiary alicyclic amines) is 1. The molecule has 128 valence electrons. The molecule has 2 aliphatic rings. The predicted octanol–water partition coefficient (Wildman–Crippen LogP) is 3.34. The first-order chi connectivity index (χ1) is 10.4. The van der Waals surface area contributed by atoms with Crippen LogP contribution in [-0.4, -0.2) is 37.0 Å². The number of alkyl halides is 3. The highest BCUT2D eigenvalue weighted by molar-refractivity contribution is 5.94. The summed E-state index contributed by atoms with van der Waals surface area (Å²) in [6.45, 7) is 3.36. The second kappa shape index (κ2) is 6.69. The van der Waals surface area contributed by atoms with Crippen LogP contribution in [0.25, 0.3) is 0 Å². The highest BCUT2D eigenvalue weighted by Gasteiger charge is 2.40. The molecule has 1 aromatic rings. The van der Waals surface area contributed by atoms with Crippen molar-refractivity contribution >= 4 is 18.3 Å². The Morgan fingerprint density at radius 1 is 1.09 bits per heavy atom. The van der Waals surface area contributed by atoms with Crippen molar-refractivity contribution in [3.8, 4) is 0 Å². The van der Waals surface area contributed by atoms with Crippen molar-refractivity contribution in [3.63, 3.8) is 0 Å². The van der Waals surface area contributed by atoms with Crippen LogP contribution in [0.1, 0.15) is 35.2 Å². The van der Waals surface area contributed by atoms with E-state index in [9.17, 15) is 18.0 Å². The van der Waals surface area contributed by atoms with E-state index in [-0.39, 0.29) is 23.7 Å². The average Bonchev–Trinajstić information content (AvgIpc) is 2.90. The average molecular weight is 349 g/mol. The smallest absolute Gasteiger partial charge is 0.338 e. The lowest BCUT2D eigenvalue weighted by atomic mass is 9.78. The fraction of sp³-hybridized carbons (Fsp3) is 0.562. The highest BCUT2D eigenvalue weighted by atomic mass is 35.5. The summed E-state index contributed by atoms with van der Waals surface area (Å²) in [6.07, 6.45) is -1.26. The maximum Gasteiger partial charge on any atom is 0.416 e. The third kappa shape index (κ3) is 3.80. The molecule has 23 heavy (non-hydrogen) atoms. The molecule has 1 spiro atoms. The van der Waals surface area contributed by atoms with Gasteiger partial charge in [-0.2, -0.15) is 13.2 Å². The first-order valence-electron chi connectivity index (χ1n) is 7.57. The van der Waals surface area contributed by atoms with Gasteiger partial charge in [-0.1, -0.05) is 0 Å². The molecule has 2 heterocycles. The van der Waals surface area contributed by atoms with Gasteiger partial charge in [-0.15, -0.1) is 12.4 Å². The molecule has 1 amide bonds. The van der Waals surface area contributed by atoms with E-state index in [0.717, 1.165) is 44.5 Å². The van der Waals surface area contributed by atoms with Gasteiger partial charge in [-0.3, -0.25) is 4.79 Å². The van der Waals surface area contributed by atoms with Crippen molar-refractivity contribution < 1.29 is 18.0 Å². The van der Waals surface area contributed by atoms with E-state index >= 15 is 0 Å². The normalized spacial score (nSPS) is 20.4. The van der Waals surface area contributed by atoms with E-state index in [4.69, 9.17) is 0 Å². The number of halogens is 4. The molecule has 3 nitrogen and oxygen atoms in total. The van der Waals surface area contributed by atoms with Gasteiger partial charge in [0.25, 0.3) is 5.91 Å². The van der Waals surface area contributed by atoms with Crippen LogP contribution in [0, 0.1) is 5.41 Å². The Morgan fingerprint density at radius 2 is 1.70 bits per heavy atom. The monoisotopic (exact) mass is 348 g/mol. The SMILES string of the molecule is Cl.O=C(c1ccc(C(F)(F)F)cc1)N1CCC2(CCNCC2)C1. The summed E-state index contributed by atoms with van der Waals surface area (Å²) >= 11 is 0. The van der Waals surface area contributed by atoms with Crippen LogP contribution < -0.4 is 5.32 Å². The molecule has 0 radical (unpaired) electrons. The maximum atomic E-state index is 12.6. The Kier molecular flexibility index (Phi) is 5.26. The lowest BCUT2D eigenvalue weighted by molar-refractivity contribution is -0.137. The minimum absolute atomic E-state index is 0. The third-order valence-corrected chi connectivity index (χ3v) is 4.85. The van der Waals surface area contributed by atoms with E-state index in [1.54, 1.807) is 4.90 Å². The molecule has 0 bridgehead atoms. The van der Waals surface area contributed by atoms with E-state index in [2.05, 4.69) is 5.32 Å². The van der Waals surface area contributed by atoms with E-state index in [1.807, 2.05) is 0 Å².